The molecule has 0 unspecified atom stereocenters. The molecule has 0 saturated carbocycles. The van der Waals surface area contributed by atoms with Gasteiger partial charge in [0.25, 0.3) is 11.7 Å². The molecule has 1 aromatic heterocycles. The molecule has 5 nitrogen and oxygen atoms in total. The van der Waals surface area contributed by atoms with Gasteiger partial charge >= 0.3 is 0 Å². The molecule has 3 aromatic rings. The molecule has 1 fully saturated rings. The van der Waals surface area contributed by atoms with Crippen molar-refractivity contribution in [2.75, 3.05) is 0 Å². The average Bonchev–Trinajstić information content (AvgIpc) is 3.31. The van der Waals surface area contributed by atoms with Crippen LogP contribution in [0.1, 0.15) is 28.5 Å². The van der Waals surface area contributed by atoms with E-state index in [1.54, 1.807) is 48.5 Å². The molecule has 0 spiro atoms. The molecule has 2 heterocycles. The number of carbonyl (C=O) groups is 2. The Hall–Kier alpha value is -3.31. The maximum absolute atomic E-state index is 12.9. The zero-order chi connectivity index (χ0) is 20.5. The fraction of sp³-hybridized carbons (Fsp3) is 0.130. The highest BCUT2D eigenvalue weighted by molar-refractivity contribution is 6.46. The predicted octanol–water partition coefficient (Wildman–Crippen LogP) is 4.86. The van der Waals surface area contributed by atoms with Crippen molar-refractivity contribution in [3.8, 4) is 0 Å². The topological polar surface area (TPSA) is 70.8 Å². The number of carbonyl (C=O) groups excluding carboxylic acids is 2. The molecule has 1 N–H and O–H groups in total. The molecule has 2 aromatic carbocycles. The van der Waals surface area contributed by atoms with E-state index in [0.29, 0.717) is 21.9 Å². The van der Waals surface area contributed by atoms with Crippen LogP contribution >= 0.6 is 11.6 Å². The molecule has 1 aliphatic heterocycles. The van der Waals surface area contributed by atoms with Crippen LogP contribution < -0.4 is 0 Å². The van der Waals surface area contributed by atoms with Gasteiger partial charge in [-0.05, 0) is 30.7 Å². The van der Waals surface area contributed by atoms with Gasteiger partial charge in [-0.3, -0.25) is 9.59 Å². The lowest BCUT2D eigenvalue weighted by atomic mass is 9.95. The van der Waals surface area contributed by atoms with Gasteiger partial charge in [0.2, 0.25) is 0 Å². The van der Waals surface area contributed by atoms with Gasteiger partial charge < -0.3 is 14.4 Å². The van der Waals surface area contributed by atoms with Gasteiger partial charge in [-0.1, -0.05) is 59.6 Å². The van der Waals surface area contributed by atoms with Crippen LogP contribution in [0, 0.1) is 6.92 Å². The van der Waals surface area contributed by atoms with Gasteiger partial charge in [-0.2, -0.15) is 0 Å². The molecule has 0 aliphatic carbocycles. The molecule has 1 amide bonds. The number of amides is 1. The lowest BCUT2D eigenvalue weighted by Gasteiger charge is -2.25. The Morgan fingerprint density at radius 3 is 2.45 bits per heavy atom. The van der Waals surface area contributed by atoms with Gasteiger partial charge in [-0.25, -0.2) is 0 Å². The first-order valence-electron chi connectivity index (χ1n) is 9.09. The molecule has 1 saturated heterocycles. The molecular weight excluding hydrogens is 390 g/mol. The Kier molecular flexibility index (Phi) is 4.99. The van der Waals surface area contributed by atoms with E-state index in [-0.39, 0.29) is 17.9 Å². The second-order valence-electron chi connectivity index (χ2n) is 6.89. The van der Waals surface area contributed by atoms with Crippen LogP contribution in [-0.2, 0) is 16.1 Å². The van der Waals surface area contributed by atoms with Gasteiger partial charge in [0.15, 0.2) is 0 Å². The molecular formula is C23H18ClNO4. The molecule has 1 atom stereocenters. The lowest BCUT2D eigenvalue weighted by molar-refractivity contribution is -0.140. The number of nitrogens with zero attached hydrogens (tertiary/aromatic N) is 1. The van der Waals surface area contributed by atoms with Gasteiger partial charge in [0.05, 0.1) is 24.4 Å². The van der Waals surface area contributed by atoms with Crippen molar-refractivity contribution >= 4 is 29.1 Å². The number of halogens is 1. The molecule has 6 heteroatoms. The fourth-order valence-electron chi connectivity index (χ4n) is 3.50. The maximum atomic E-state index is 12.9. The Balaban J connectivity index is 1.89. The van der Waals surface area contributed by atoms with Gasteiger partial charge in [0, 0.05) is 10.6 Å². The van der Waals surface area contributed by atoms with E-state index < -0.39 is 17.7 Å². The highest BCUT2D eigenvalue weighted by Crippen LogP contribution is 2.42. The number of ketones is 1. The minimum atomic E-state index is -0.824. The number of Topliss-reactive ketones (excluding diaryl/α,β-unsaturated/α-hetero) is 1. The number of hydrogen-bond donors (Lipinski definition) is 1. The summed E-state index contributed by atoms with van der Waals surface area (Å²) in [5.41, 5.74) is 2.05. The number of aryl methyl sites for hydroxylation is 1. The van der Waals surface area contributed by atoms with E-state index in [0.717, 1.165) is 5.56 Å². The van der Waals surface area contributed by atoms with E-state index in [9.17, 15) is 14.7 Å². The van der Waals surface area contributed by atoms with Crippen molar-refractivity contribution in [2.45, 2.75) is 19.5 Å². The van der Waals surface area contributed by atoms with E-state index in [4.69, 9.17) is 16.0 Å². The summed E-state index contributed by atoms with van der Waals surface area (Å²) >= 11 is 6.41. The van der Waals surface area contributed by atoms with Crippen LogP contribution in [0.4, 0.5) is 0 Å². The zero-order valence-corrected chi connectivity index (χ0v) is 16.4. The SMILES string of the molecule is Cc1ccc(C(O)=C2C(=O)C(=O)N(Cc3ccco3)[C@H]2c2ccccc2Cl)cc1. The summed E-state index contributed by atoms with van der Waals surface area (Å²) in [4.78, 5) is 27.2. The monoisotopic (exact) mass is 407 g/mol. The first-order valence-corrected chi connectivity index (χ1v) is 9.47. The van der Waals surface area contributed by atoms with Gasteiger partial charge in [0.1, 0.15) is 11.5 Å². The fourth-order valence-corrected chi connectivity index (χ4v) is 3.74. The smallest absolute Gasteiger partial charge is 0.296 e. The molecule has 0 radical (unpaired) electrons. The first-order chi connectivity index (χ1) is 14.0. The van der Waals surface area contributed by atoms with Gasteiger partial charge in [-0.15, -0.1) is 0 Å². The van der Waals surface area contributed by atoms with Crippen LogP contribution in [0.25, 0.3) is 5.76 Å². The highest BCUT2D eigenvalue weighted by atomic mass is 35.5. The zero-order valence-electron chi connectivity index (χ0n) is 15.6. The third kappa shape index (κ3) is 3.45. The largest absolute Gasteiger partial charge is 0.507 e. The van der Waals surface area contributed by atoms with Crippen molar-refractivity contribution in [3.05, 3.63) is 100.0 Å². The molecule has 29 heavy (non-hydrogen) atoms. The van der Waals surface area contributed by atoms with Crippen molar-refractivity contribution in [3.63, 3.8) is 0 Å². The third-order valence-corrected chi connectivity index (χ3v) is 5.32. The number of rotatable bonds is 4. The van der Waals surface area contributed by atoms with Crippen LogP contribution in [0.2, 0.25) is 5.02 Å². The predicted molar refractivity (Wildman–Crippen MR) is 109 cm³/mol. The summed E-state index contributed by atoms with van der Waals surface area (Å²) in [6.45, 7) is 2.01. The van der Waals surface area contributed by atoms with E-state index in [2.05, 4.69) is 0 Å². The Bertz CT molecular complexity index is 1100. The Morgan fingerprint density at radius 2 is 1.79 bits per heavy atom. The Morgan fingerprint density at radius 1 is 1.07 bits per heavy atom. The summed E-state index contributed by atoms with van der Waals surface area (Å²) in [6.07, 6.45) is 1.50. The quantitative estimate of drug-likeness (QED) is 0.381. The number of aliphatic hydroxyl groups is 1. The molecule has 4 rings (SSSR count). The minimum Gasteiger partial charge on any atom is -0.507 e. The van der Waals surface area contributed by atoms with Crippen LogP contribution in [0.5, 0.6) is 0 Å². The summed E-state index contributed by atoms with van der Waals surface area (Å²) in [7, 11) is 0. The van der Waals surface area contributed by atoms with E-state index in [1.165, 1.54) is 11.2 Å². The van der Waals surface area contributed by atoms with Crippen LogP contribution in [-0.4, -0.2) is 21.7 Å². The first kappa shape index (κ1) is 19.0. The van der Waals surface area contributed by atoms with Crippen molar-refractivity contribution in [1.29, 1.82) is 0 Å². The number of aliphatic hydroxyl groups excluding tert-OH is 1. The van der Waals surface area contributed by atoms with Crippen LogP contribution in [0.15, 0.2) is 76.9 Å². The summed E-state index contributed by atoms with van der Waals surface area (Å²) < 4.78 is 5.37. The minimum absolute atomic E-state index is 0.0125. The summed E-state index contributed by atoms with van der Waals surface area (Å²) in [5.74, 6) is -1.16. The van der Waals surface area contributed by atoms with E-state index in [1.807, 2.05) is 19.1 Å². The van der Waals surface area contributed by atoms with Crippen molar-refractivity contribution < 1.29 is 19.1 Å². The second kappa shape index (κ2) is 7.60. The summed E-state index contributed by atoms with van der Waals surface area (Å²) in [6, 6.07) is 16.7. The molecule has 146 valence electrons. The van der Waals surface area contributed by atoms with Crippen molar-refractivity contribution in [1.82, 2.24) is 4.90 Å². The lowest BCUT2D eigenvalue weighted by Crippen LogP contribution is -2.29. The Labute approximate surface area is 172 Å². The standard InChI is InChI=1S/C23H18ClNO4/c1-14-8-10-15(11-9-14)21(26)19-20(17-6-2-3-7-18(17)24)25(23(28)22(19)27)13-16-5-4-12-29-16/h2-12,20,26H,13H2,1H3/t20-/m0/s1. The number of benzene rings is 2. The van der Waals surface area contributed by atoms with Crippen molar-refractivity contribution in [2.24, 2.45) is 0 Å². The number of likely N-dealkylation sites (tertiary alicyclic amines) is 1. The highest BCUT2D eigenvalue weighted by Gasteiger charge is 2.47. The average molecular weight is 408 g/mol. The third-order valence-electron chi connectivity index (χ3n) is 4.97. The normalized spacial score (nSPS) is 18.4. The second-order valence-corrected chi connectivity index (χ2v) is 7.30. The van der Waals surface area contributed by atoms with E-state index >= 15 is 0 Å². The maximum Gasteiger partial charge on any atom is 0.296 e. The number of hydrogen-bond acceptors (Lipinski definition) is 4. The molecule has 1 aliphatic rings. The van der Waals surface area contributed by atoms with Crippen LogP contribution in [0.3, 0.4) is 0 Å². The molecule has 0 bridgehead atoms. The summed E-state index contributed by atoms with van der Waals surface area (Å²) in [5, 5.41) is 11.4. The number of furan rings is 1.